The fraction of sp³-hybridized carbons (Fsp3) is 0.278. The minimum Gasteiger partial charge on any atom is -0.366 e. The summed E-state index contributed by atoms with van der Waals surface area (Å²) in [6, 6.07) is 9.61. The Labute approximate surface area is 151 Å². The lowest BCUT2D eigenvalue weighted by Gasteiger charge is -2.12. The van der Waals surface area contributed by atoms with E-state index in [0.29, 0.717) is 29.1 Å². The highest BCUT2D eigenvalue weighted by Gasteiger charge is 2.28. The van der Waals surface area contributed by atoms with E-state index in [9.17, 15) is 18.0 Å². The zero-order chi connectivity index (χ0) is 18.7. The number of ketones is 1. The molecule has 136 valence electrons. The van der Waals surface area contributed by atoms with E-state index >= 15 is 0 Å². The first-order valence-corrected chi connectivity index (χ1v) is 10.00. The molecule has 2 N–H and O–H groups in total. The number of sulfone groups is 1. The number of Topliss-reactive ketones (excluding diaryl/α,β-unsaturated/α-hetero) is 1. The highest BCUT2D eigenvalue weighted by molar-refractivity contribution is 7.91. The van der Waals surface area contributed by atoms with Crippen molar-refractivity contribution >= 4 is 33.0 Å². The quantitative estimate of drug-likeness (QED) is 0.778. The second kappa shape index (κ2) is 7.25. The minimum atomic E-state index is -2.99. The van der Waals surface area contributed by atoms with E-state index in [-0.39, 0.29) is 29.2 Å². The maximum atomic E-state index is 12.4. The Balaban J connectivity index is 1.67. The summed E-state index contributed by atoms with van der Waals surface area (Å²) in [6.07, 6.45) is 2.03. The molecule has 0 saturated carbocycles. The van der Waals surface area contributed by atoms with E-state index in [1.165, 1.54) is 13.1 Å². The molecule has 1 amide bonds. The molecule has 3 rings (SSSR count). The summed E-state index contributed by atoms with van der Waals surface area (Å²) in [6.45, 7) is 1.48. The Morgan fingerprint density at radius 3 is 2.46 bits per heavy atom. The topological polar surface area (TPSA) is 105 Å². The van der Waals surface area contributed by atoms with Crippen molar-refractivity contribution in [2.24, 2.45) is 0 Å². The molecule has 7 nitrogen and oxygen atoms in total. The lowest BCUT2D eigenvalue weighted by atomic mass is 10.1. The van der Waals surface area contributed by atoms with Gasteiger partial charge in [-0.1, -0.05) is 0 Å². The molecule has 0 bridgehead atoms. The van der Waals surface area contributed by atoms with Crippen molar-refractivity contribution in [3.05, 3.63) is 53.7 Å². The van der Waals surface area contributed by atoms with Gasteiger partial charge in [0.1, 0.15) is 5.82 Å². The SMILES string of the molecule is CC(=O)c1ccc(NC(=O)c2ccnc(NC3CCS(=O)(=O)C3)c2)cc1. The van der Waals surface area contributed by atoms with Crippen LogP contribution in [-0.2, 0) is 9.84 Å². The van der Waals surface area contributed by atoms with Gasteiger partial charge in [-0.15, -0.1) is 0 Å². The zero-order valence-corrected chi connectivity index (χ0v) is 15.0. The average molecular weight is 373 g/mol. The average Bonchev–Trinajstić information content (AvgIpc) is 2.94. The Hall–Kier alpha value is -2.74. The van der Waals surface area contributed by atoms with Gasteiger partial charge in [0, 0.05) is 29.1 Å². The van der Waals surface area contributed by atoms with Crippen molar-refractivity contribution in [3.8, 4) is 0 Å². The van der Waals surface area contributed by atoms with Crippen LogP contribution in [0.5, 0.6) is 0 Å². The van der Waals surface area contributed by atoms with Crippen molar-refractivity contribution in [2.45, 2.75) is 19.4 Å². The van der Waals surface area contributed by atoms with Crippen molar-refractivity contribution in [3.63, 3.8) is 0 Å². The van der Waals surface area contributed by atoms with Gasteiger partial charge in [0.15, 0.2) is 15.6 Å². The Morgan fingerprint density at radius 2 is 1.85 bits per heavy atom. The van der Waals surface area contributed by atoms with Gasteiger partial charge >= 0.3 is 0 Å². The summed E-state index contributed by atoms with van der Waals surface area (Å²) >= 11 is 0. The van der Waals surface area contributed by atoms with Crippen LogP contribution in [0.15, 0.2) is 42.6 Å². The summed E-state index contributed by atoms with van der Waals surface area (Å²) < 4.78 is 23.1. The van der Waals surface area contributed by atoms with Gasteiger partial charge in [-0.05, 0) is 49.7 Å². The predicted octanol–water partition coefficient (Wildman–Crippen LogP) is 2.14. The molecular weight excluding hydrogens is 354 g/mol. The second-order valence-corrected chi connectivity index (χ2v) is 8.49. The number of anilines is 2. The molecule has 1 aliphatic heterocycles. The van der Waals surface area contributed by atoms with Gasteiger partial charge in [0.2, 0.25) is 0 Å². The number of rotatable bonds is 5. The predicted molar refractivity (Wildman–Crippen MR) is 99.3 cm³/mol. The number of benzene rings is 1. The number of carbonyl (C=O) groups excluding carboxylic acids is 2. The molecule has 26 heavy (non-hydrogen) atoms. The number of nitrogens with zero attached hydrogens (tertiary/aromatic N) is 1. The van der Waals surface area contributed by atoms with Crippen LogP contribution < -0.4 is 10.6 Å². The molecule has 0 radical (unpaired) electrons. The molecule has 2 aromatic rings. The molecule has 1 aromatic carbocycles. The molecule has 1 aliphatic rings. The maximum absolute atomic E-state index is 12.4. The first-order chi connectivity index (χ1) is 12.3. The fourth-order valence-electron chi connectivity index (χ4n) is 2.76. The van der Waals surface area contributed by atoms with Crippen molar-refractivity contribution in [1.29, 1.82) is 0 Å². The molecule has 0 aliphatic carbocycles. The monoisotopic (exact) mass is 373 g/mol. The molecule has 8 heteroatoms. The van der Waals surface area contributed by atoms with Crippen LogP contribution in [0, 0.1) is 0 Å². The van der Waals surface area contributed by atoms with Crippen molar-refractivity contribution in [2.75, 3.05) is 22.1 Å². The van der Waals surface area contributed by atoms with Crippen LogP contribution >= 0.6 is 0 Å². The summed E-state index contributed by atoms with van der Waals surface area (Å²) in [4.78, 5) is 27.8. The van der Waals surface area contributed by atoms with Crippen LogP contribution in [0.3, 0.4) is 0 Å². The summed E-state index contributed by atoms with van der Waals surface area (Å²) in [5, 5.41) is 5.82. The van der Waals surface area contributed by atoms with Gasteiger partial charge in [0.05, 0.1) is 11.5 Å². The maximum Gasteiger partial charge on any atom is 0.255 e. The lowest BCUT2D eigenvalue weighted by molar-refractivity contribution is 0.101. The highest BCUT2D eigenvalue weighted by atomic mass is 32.2. The van der Waals surface area contributed by atoms with Crippen LogP contribution in [0.4, 0.5) is 11.5 Å². The third-order valence-corrected chi connectivity index (χ3v) is 5.92. The normalized spacial score (nSPS) is 18.3. The Kier molecular flexibility index (Phi) is 5.03. The van der Waals surface area contributed by atoms with Crippen LogP contribution in [-0.4, -0.2) is 42.6 Å². The Bertz CT molecular complexity index is 939. The van der Waals surface area contributed by atoms with Gasteiger partial charge in [-0.25, -0.2) is 13.4 Å². The van der Waals surface area contributed by atoms with Crippen LogP contribution in [0.25, 0.3) is 0 Å². The van der Waals surface area contributed by atoms with E-state index in [1.54, 1.807) is 36.4 Å². The van der Waals surface area contributed by atoms with E-state index < -0.39 is 9.84 Å². The molecule has 1 saturated heterocycles. The van der Waals surface area contributed by atoms with Crippen molar-refractivity contribution < 1.29 is 18.0 Å². The minimum absolute atomic E-state index is 0.0401. The van der Waals surface area contributed by atoms with E-state index in [1.807, 2.05) is 0 Å². The molecule has 1 aromatic heterocycles. The first-order valence-electron chi connectivity index (χ1n) is 8.18. The number of pyridine rings is 1. The molecule has 1 atom stereocenters. The summed E-state index contributed by atoms with van der Waals surface area (Å²) in [5.41, 5.74) is 1.55. The number of hydrogen-bond donors (Lipinski definition) is 2. The zero-order valence-electron chi connectivity index (χ0n) is 14.2. The number of carbonyl (C=O) groups is 2. The first kappa shape index (κ1) is 18.1. The standard InChI is InChI=1S/C18H19N3O4S/c1-12(22)13-2-4-15(5-3-13)21-18(23)14-6-8-19-17(10-14)20-16-7-9-26(24,25)11-16/h2-6,8,10,16H,7,9,11H2,1H3,(H,19,20)(H,21,23). The van der Waals surface area contributed by atoms with E-state index in [0.717, 1.165) is 0 Å². The Morgan fingerprint density at radius 1 is 1.12 bits per heavy atom. The van der Waals surface area contributed by atoms with Gasteiger partial charge in [-0.2, -0.15) is 0 Å². The number of aromatic nitrogens is 1. The van der Waals surface area contributed by atoms with Crippen LogP contribution in [0.1, 0.15) is 34.1 Å². The summed E-state index contributed by atoms with van der Waals surface area (Å²) in [7, 11) is -2.99. The third-order valence-electron chi connectivity index (χ3n) is 4.16. The van der Waals surface area contributed by atoms with Gasteiger partial charge < -0.3 is 10.6 Å². The number of hydrogen-bond acceptors (Lipinski definition) is 6. The van der Waals surface area contributed by atoms with E-state index in [4.69, 9.17) is 0 Å². The molecule has 2 heterocycles. The second-order valence-electron chi connectivity index (χ2n) is 6.26. The van der Waals surface area contributed by atoms with Gasteiger partial charge in [-0.3, -0.25) is 9.59 Å². The molecule has 0 spiro atoms. The molecule has 1 fully saturated rings. The highest BCUT2D eigenvalue weighted by Crippen LogP contribution is 2.18. The molecule has 1 unspecified atom stereocenters. The smallest absolute Gasteiger partial charge is 0.255 e. The van der Waals surface area contributed by atoms with E-state index in [2.05, 4.69) is 15.6 Å². The van der Waals surface area contributed by atoms with Gasteiger partial charge in [0.25, 0.3) is 5.91 Å². The largest absolute Gasteiger partial charge is 0.366 e. The third kappa shape index (κ3) is 4.45. The lowest BCUT2D eigenvalue weighted by Crippen LogP contribution is -2.21. The van der Waals surface area contributed by atoms with Crippen molar-refractivity contribution in [1.82, 2.24) is 4.98 Å². The molecular formula is C18H19N3O4S. The number of nitrogens with one attached hydrogen (secondary N) is 2. The number of amides is 1. The van der Waals surface area contributed by atoms with Crippen LogP contribution in [0.2, 0.25) is 0 Å². The summed E-state index contributed by atoms with van der Waals surface area (Å²) in [5.74, 6) is 0.354. The fourth-order valence-corrected chi connectivity index (χ4v) is 4.43.